The van der Waals surface area contributed by atoms with Gasteiger partial charge in [0, 0.05) is 23.7 Å². The second-order valence-corrected chi connectivity index (χ2v) is 7.02. The zero-order valence-electron chi connectivity index (χ0n) is 16.9. The van der Waals surface area contributed by atoms with E-state index in [-0.39, 0.29) is 12.2 Å². The second-order valence-electron chi connectivity index (χ2n) is 7.02. The smallest absolute Gasteiger partial charge is 0.129 e. The number of benzene rings is 3. The van der Waals surface area contributed by atoms with Crippen molar-refractivity contribution in [1.82, 2.24) is 5.32 Å². The normalized spacial score (nSPS) is 18.4. The Hall–Kier alpha value is -3.51. The van der Waals surface area contributed by atoms with Gasteiger partial charge in [0.2, 0.25) is 0 Å². The molecule has 1 heterocycles. The van der Waals surface area contributed by atoms with Gasteiger partial charge in [0.05, 0.1) is 14.2 Å². The monoisotopic (exact) mass is 401 g/mol. The third-order valence-corrected chi connectivity index (χ3v) is 5.31. The van der Waals surface area contributed by atoms with E-state index in [9.17, 15) is 4.91 Å². The van der Waals surface area contributed by atoms with Gasteiger partial charge in [-0.1, -0.05) is 36.4 Å². The van der Waals surface area contributed by atoms with Gasteiger partial charge in [0.15, 0.2) is 0 Å². The Kier molecular flexibility index (Phi) is 5.86. The van der Waals surface area contributed by atoms with Crippen molar-refractivity contribution in [3.8, 4) is 11.5 Å². The summed E-state index contributed by atoms with van der Waals surface area (Å²) < 4.78 is 10.8. The maximum Gasteiger partial charge on any atom is 0.129 e. The average Bonchev–Trinajstić information content (AvgIpc) is 2.83. The number of nitrogens with zero attached hydrogens (tertiary/aromatic N) is 2. The van der Waals surface area contributed by atoms with Crippen molar-refractivity contribution in [2.45, 2.75) is 18.6 Å². The molecule has 3 aromatic rings. The summed E-state index contributed by atoms with van der Waals surface area (Å²) in [7, 11) is 3.30. The van der Waals surface area contributed by atoms with Crippen LogP contribution in [-0.2, 0) is 0 Å². The molecule has 30 heavy (non-hydrogen) atoms. The maximum atomic E-state index is 11.4. The number of methoxy groups -OCH3 is 2. The standard InChI is InChI=1S/C24H23N3O3/c1-29-17-13-11-16(12-14-17)21-15-22(18-7-3-5-9-20(18)27-28)26-24(25-21)19-8-4-6-10-23(19)30-2/h3-14,22,24,26H,15H2,1-2H3. The molecule has 4 rings (SSSR count). The van der Waals surface area contributed by atoms with Crippen molar-refractivity contribution in [1.29, 1.82) is 0 Å². The van der Waals surface area contributed by atoms with Gasteiger partial charge >= 0.3 is 0 Å². The summed E-state index contributed by atoms with van der Waals surface area (Å²) in [4.78, 5) is 16.4. The summed E-state index contributed by atoms with van der Waals surface area (Å²) in [5.41, 5.74) is 4.18. The van der Waals surface area contributed by atoms with Crippen LogP contribution in [0.25, 0.3) is 0 Å². The van der Waals surface area contributed by atoms with Gasteiger partial charge in [-0.05, 0) is 52.7 Å². The Bertz CT molecular complexity index is 1060. The molecule has 152 valence electrons. The van der Waals surface area contributed by atoms with E-state index in [4.69, 9.17) is 14.5 Å². The molecule has 0 radical (unpaired) electrons. The second kappa shape index (κ2) is 8.88. The van der Waals surface area contributed by atoms with Crippen LogP contribution in [0.4, 0.5) is 5.69 Å². The minimum Gasteiger partial charge on any atom is -0.497 e. The predicted octanol–water partition coefficient (Wildman–Crippen LogP) is 5.32. The van der Waals surface area contributed by atoms with Gasteiger partial charge in [0.25, 0.3) is 0 Å². The van der Waals surface area contributed by atoms with Crippen LogP contribution in [0.1, 0.15) is 35.3 Å². The molecule has 0 fully saturated rings. The Balaban J connectivity index is 1.78. The lowest BCUT2D eigenvalue weighted by Gasteiger charge is -2.31. The molecule has 3 aromatic carbocycles. The first-order valence-electron chi connectivity index (χ1n) is 9.76. The number of para-hydroxylation sites is 1. The lowest BCUT2D eigenvalue weighted by molar-refractivity contribution is 0.386. The van der Waals surface area contributed by atoms with Crippen LogP contribution in [0.15, 0.2) is 83.0 Å². The molecule has 0 saturated carbocycles. The third-order valence-electron chi connectivity index (χ3n) is 5.31. The van der Waals surface area contributed by atoms with Crippen LogP contribution in [0.3, 0.4) is 0 Å². The highest BCUT2D eigenvalue weighted by atomic mass is 16.5. The van der Waals surface area contributed by atoms with E-state index in [1.807, 2.05) is 66.7 Å². The van der Waals surface area contributed by atoms with E-state index < -0.39 is 0 Å². The average molecular weight is 401 g/mol. The van der Waals surface area contributed by atoms with Crippen molar-refractivity contribution in [2.75, 3.05) is 14.2 Å². The van der Waals surface area contributed by atoms with Gasteiger partial charge in [-0.25, -0.2) is 0 Å². The lowest BCUT2D eigenvalue weighted by atomic mass is 9.93. The summed E-state index contributed by atoms with van der Waals surface area (Å²) >= 11 is 0. The predicted molar refractivity (Wildman–Crippen MR) is 118 cm³/mol. The fourth-order valence-corrected chi connectivity index (χ4v) is 3.78. The van der Waals surface area contributed by atoms with E-state index in [2.05, 4.69) is 10.5 Å². The first-order chi connectivity index (χ1) is 14.7. The van der Waals surface area contributed by atoms with E-state index >= 15 is 0 Å². The number of hydrogen-bond donors (Lipinski definition) is 1. The maximum absolute atomic E-state index is 11.4. The Morgan fingerprint density at radius 3 is 2.30 bits per heavy atom. The third kappa shape index (κ3) is 3.95. The molecule has 0 spiro atoms. The SMILES string of the molecule is COc1ccc(C2=NC(c3ccccc3OC)NC(c3ccccc3N=O)C2)cc1. The molecule has 0 aliphatic carbocycles. The Morgan fingerprint density at radius 1 is 0.900 bits per heavy atom. The van der Waals surface area contributed by atoms with Crippen LogP contribution in [-0.4, -0.2) is 19.9 Å². The van der Waals surface area contributed by atoms with E-state index in [0.717, 1.165) is 33.9 Å². The molecular formula is C24H23N3O3. The van der Waals surface area contributed by atoms with E-state index in [0.29, 0.717) is 12.1 Å². The van der Waals surface area contributed by atoms with Gasteiger partial charge < -0.3 is 9.47 Å². The highest BCUT2D eigenvalue weighted by molar-refractivity contribution is 6.01. The molecule has 2 unspecified atom stereocenters. The number of rotatable bonds is 6. The van der Waals surface area contributed by atoms with Crippen molar-refractivity contribution < 1.29 is 9.47 Å². The van der Waals surface area contributed by atoms with Crippen LogP contribution in [0, 0.1) is 4.91 Å². The molecule has 0 aromatic heterocycles. The molecule has 0 bridgehead atoms. The lowest BCUT2D eigenvalue weighted by Crippen LogP contribution is -2.33. The van der Waals surface area contributed by atoms with Crippen molar-refractivity contribution in [3.63, 3.8) is 0 Å². The first kappa shape index (κ1) is 19.8. The molecule has 0 amide bonds. The molecule has 2 atom stereocenters. The topological polar surface area (TPSA) is 72.3 Å². The quantitative estimate of drug-likeness (QED) is 0.567. The fraction of sp³-hybridized carbons (Fsp3) is 0.208. The minimum absolute atomic E-state index is 0.122. The van der Waals surface area contributed by atoms with Crippen molar-refractivity contribution in [2.24, 2.45) is 10.2 Å². The van der Waals surface area contributed by atoms with Crippen molar-refractivity contribution in [3.05, 3.63) is 94.4 Å². The number of nitroso groups, excluding NO2 is 1. The Morgan fingerprint density at radius 2 is 1.60 bits per heavy atom. The number of aliphatic imine (C=N–C) groups is 1. The molecule has 1 N–H and O–H groups in total. The summed E-state index contributed by atoms with van der Waals surface area (Å²) in [5, 5.41) is 6.79. The number of nitrogens with one attached hydrogen (secondary N) is 1. The first-order valence-corrected chi connectivity index (χ1v) is 9.76. The van der Waals surface area contributed by atoms with Crippen LogP contribution >= 0.6 is 0 Å². The molecule has 1 aliphatic rings. The number of ether oxygens (including phenoxy) is 2. The molecule has 0 saturated heterocycles. The van der Waals surface area contributed by atoms with Gasteiger partial charge in [-0.15, -0.1) is 4.91 Å². The van der Waals surface area contributed by atoms with Crippen molar-refractivity contribution >= 4 is 11.4 Å². The van der Waals surface area contributed by atoms with Crippen LogP contribution in [0.2, 0.25) is 0 Å². The zero-order valence-corrected chi connectivity index (χ0v) is 16.9. The molecule has 6 nitrogen and oxygen atoms in total. The van der Waals surface area contributed by atoms with Gasteiger partial charge in [0.1, 0.15) is 23.4 Å². The van der Waals surface area contributed by atoms with E-state index in [1.54, 1.807) is 20.3 Å². The summed E-state index contributed by atoms with van der Waals surface area (Å²) in [6, 6.07) is 23.0. The fourth-order valence-electron chi connectivity index (χ4n) is 3.78. The summed E-state index contributed by atoms with van der Waals surface area (Å²) in [5.74, 6) is 1.55. The minimum atomic E-state index is -0.322. The van der Waals surface area contributed by atoms with Crippen LogP contribution in [0.5, 0.6) is 11.5 Å². The van der Waals surface area contributed by atoms with Gasteiger partial charge in [-0.2, -0.15) is 0 Å². The summed E-state index contributed by atoms with van der Waals surface area (Å²) in [6.45, 7) is 0. The largest absolute Gasteiger partial charge is 0.497 e. The highest BCUT2D eigenvalue weighted by Gasteiger charge is 2.29. The molecular weight excluding hydrogens is 378 g/mol. The number of hydrogen-bond acceptors (Lipinski definition) is 6. The highest BCUT2D eigenvalue weighted by Crippen LogP contribution is 2.37. The zero-order chi connectivity index (χ0) is 20.9. The van der Waals surface area contributed by atoms with Gasteiger partial charge in [-0.3, -0.25) is 10.3 Å². The summed E-state index contributed by atoms with van der Waals surface area (Å²) in [6.07, 6.45) is 0.307. The van der Waals surface area contributed by atoms with E-state index in [1.165, 1.54) is 0 Å². The Labute approximate surface area is 175 Å². The molecule has 6 heteroatoms. The van der Waals surface area contributed by atoms with Crippen LogP contribution < -0.4 is 14.8 Å². The molecule has 1 aliphatic heterocycles.